The lowest BCUT2D eigenvalue weighted by atomic mass is 10.7. The maximum absolute atomic E-state index is 9.72. The third-order valence-corrected chi connectivity index (χ3v) is 0.848. The second kappa shape index (κ2) is 2.50. The Kier molecular flexibility index (Phi) is 2.27. The Hall–Kier alpha value is -0.660. The maximum atomic E-state index is 9.72. The first kappa shape index (κ1) is 6.34. The van der Waals surface area contributed by atoms with Crippen molar-refractivity contribution in [1.82, 2.24) is 0 Å². The Morgan fingerprint density at radius 3 is 2.43 bits per heavy atom. The van der Waals surface area contributed by atoms with Crippen LogP contribution in [-0.4, -0.2) is 8.76 Å². The van der Waals surface area contributed by atoms with Crippen molar-refractivity contribution in [3.8, 4) is 6.07 Å². The molecule has 0 bridgehead atoms. The highest BCUT2D eigenvalue weighted by Crippen LogP contribution is 1.88. The monoisotopic (exact) mass is 117 g/mol. The number of rotatable bonds is 1. The van der Waals surface area contributed by atoms with Crippen LogP contribution in [-0.2, 0) is 11.1 Å². The zero-order chi connectivity index (χ0) is 5.86. The van der Waals surface area contributed by atoms with E-state index in [0.717, 1.165) is 0 Å². The predicted molar refractivity (Wildman–Crippen MR) is 25.5 cm³/mol. The summed E-state index contributed by atoms with van der Waals surface area (Å²) in [5, 5.41) is 7.80. The van der Waals surface area contributed by atoms with Crippen LogP contribution < -0.4 is 0 Å². The van der Waals surface area contributed by atoms with Gasteiger partial charge in [0.15, 0.2) is 11.1 Å². The summed E-state index contributed by atoms with van der Waals surface area (Å²) in [6.45, 7) is 2.96. The van der Waals surface area contributed by atoms with E-state index in [4.69, 9.17) is 9.81 Å². The Bertz CT molecular complexity index is 146. The molecule has 1 atom stereocenters. The summed E-state index contributed by atoms with van der Waals surface area (Å²) in [5.41, 5.74) is 0. The van der Waals surface area contributed by atoms with Crippen molar-refractivity contribution < 1.29 is 8.76 Å². The van der Waals surface area contributed by atoms with Crippen LogP contribution in [0.15, 0.2) is 11.5 Å². The van der Waals surface area contributed by atoms with Crippen molar-refractivity contribution >= 4 is 11.1 Å². The van der Waals surface area contributed by atoms with Crippen molar-refractivity contribution in [3.63, 3.8) is 0 Å². The van der Waals surface area contributed by atoms with Gasteiger partial charge in [0.05, 0.1) is 0 Å². The first-order valence-corrected chi connectivity index (χ1v) is 2.49. The number of hydrogen-bond donors (Lipinski definition) is 1. The zero-order valence-electron chi connectivity index (χ0n) is 3.42. The third-order valence-electron chi connectivity index (χ3n) is 0.335. The molecule has 0 fully saturated rings. The molecule has 1 N–H and O–H groups in total. The zero-order valence-corrected chi connectivity index (χ0v) is 4.23. The fourth-order valence-electron chi connectivity index (χ4n) is 0.0390. The van der Waals surface area contributed by atoms with Gasteiger partial charge in [-0.3, -0.25) is 0 Å². The van der Waals surface area contributed by atoms with Gasteiger partial charge in [0, 0.05) is 0 Å². The largest absolute Gasteiger partial charge is 0.302 e. The second-order valence-electron chi connectivity index (χ2n) is 0.784. The molecule has 0 aromatic carbocycles. The van der Waals surface area contributed by atoms with Crippen LogP contribution in [0.2, 0.25) is 0 Å². The topological polar surface area (TPSA) is 61.1 Å². The summed E-state index contributed by atoms with van der Waals surface area (Å²) in [4.78, 5) is -0.319. The highest BCUT2D eigenvalue weighted by atomic mass is 32.2. The van der Waals surface area contributed by atoms with Crippen LogP contribution in [0.1, 0.15) is 0 Å². The molecule has 0 aromatic rings. The quantitative estimate of drug-likeness (QED) is 0.395. The average Bonchev–Trinajstić information content (AvgIpc) is 1.65. The van der Waals surface area contributed by atoms with E-state index < -0.39 is 11.1 Å². The van der Waals surface area contributed by atoms with Gasteiger partial charge < -0.3 is 4.55 Å². The SMILES string of the molecule is C=C(C#N)S(=O)O. The van der Waals surface area contributed by atoms with Crippen molar-refractivity contribution in [1.29, 1.82) is 5.26 Å². The fraction of sp³-hybridized carbons (Fsp3) is 0. The molecule has 38 valence electrons. The molecule has 7 heavy (non-hydrogen) atoms. The van der Waals surface area contributed by atoms with E-state index >= 15 is 0 Å². The molecule has 0 aliphatic carbocycles. The van der Waals surface area contributed by atoms with Gasteiger partial charge in [-0.25, -0.2) is 4.21 Å². The summed E-state index contributed by atoms with van der Waals surface area (Å²) in [5.74, 6) is 0. The Balaban J connectivity index is 3.90. The minimum absolute atomic E-state index is 0.319. The lowest BCUT2D eigenvalue weighted by Gasteiger charge is -1.78. The number of nitriles is 1. The van der Waals surface area contributed by atoms with Crippen LogP contribution in [0, 0.1) is 11.3 Å². The fourth-order valence-corrected chi connectivity index (χ4v) is 0.117. The first-order valence-electron chi connectivity index (χ1n) is 1.38. The first-order chi connectivity index (χ1) is 3.18. The molecule has 0 aliphatic rings. The predicted octanol–water partition coefficient (Wildman–Crippen LogP) is 0.245. The van der Waals surface area contributed by atoms with Gasteiger partial charge in [-0.2, -0.15) is 5.26 Å². The Labute approximate surface area is 43.5 Å². The minimum Gasteiger partial charge on any atom is -0.302 e. The maximum Gasteiger partial charge on any atom is 0.196 e. The van der Waals surface area contributed by atoms with E-state index in [-0.39, 0.29) is 4.91 Å². The lowest BCUT2D eigenvalue weighted by Crippen LogP contribution is -1.84. The number of nitrogens with zero attached hydrogens (tertiary/aromatic N) is 1. The number of hydrogen-bond acceptors (Lipinski definition) is 2. The summed E-state index contributed by atoms with van der Waals surface area (Å²) >= 11 is -2.17. The summed E-state index contributed by atoms with van der Waals surface area (Å²) < 4.78 is 17.7. The van der Waals surface area contributed by atoms with Gasteiger partial charge in [-0.15, -0.1) is 0 Å². The van der Waals surface area contributed by atoms with E-state index in [1.807, 2.05) is 0 Å². The smallest absolute Gasteiger partial charge is 0.196 e. The molecular formula is C3H3NO2S. The van der Waals surface area contributed by atoms with E-state index in [1.54, 1.807) is 0 Å². The average molecular weight is 117 g/mol. The van der Waals surface area contributed by atoms with Crippen LogP contribution in [0.4, 0.5) is 0 Å². The van der Waals surface area contributed by atoms with Gasteiger partial charge >= 0.3 is 0 Å². The molecule has 0 aliphatic heterocycles. The summed E-state index contributed by atoms with van der Waals surface area (Å²) in [7, 11) is 0. The number of allylic oxidation sites excluding steroid dienone is 1. The minimum atomic E-state index is -2.17. The van der Waals surface area contributed by atoms with Crippen LogP contribution in [0.5, 0.6) is 0 Å². The van der Waals surface area contributed by atoms with Crippen molar-refractivity contribution in [2.45, 2.75) is 0 Å². The molecule has 0 amide bonds. The molecule has 0 radical (unpaired) electrons. The van der Waals surface area contributed by atoms with Gasteiger partial charge in [-0.1, -0.05) is 6.58 Å². The van der Waals surface area contributed by atoms with E-state index in [2.05, 4.69) is 6.58 Å². The molecule has 4 heteroatoms. The second-order valence-corrected chi connectivity index (χ2v) is 1.78. The Morgan fingerprint density at radius 2 is 2.43 bits per heavy atom. The molecule has 0 heterocycles. The van der Waals surface area contributed by atoms with Crippen LogP contribution >= 0.6 is 0 Å². The van der Waals surface area contributed by atoms with Crippen LogP contribution in [0.3, 0.4) is 0 Å². The highest BCUT2D eigenvalue weighted by molar-refractivity contribution is 7.83. The van der Waals surface area contributed by atoms with Crippen molar-refractivity contribution in [2.24, 2.45) is 0 Å². The normalized spacial score (nSPS) is 12.0. The molecule has 0 saturated heterocycles. The van der Waals surface area contributed by atoms with Crippen molar-refractivity contribution in [3.05, 3.63) is 11.5 Å². The molecule has 3 nitrogen and oxygen atoms in total. The third kappa shape index (κ3) is 2.09. The van der Waals surface area contributed by atoms with E-state index in [1.165, 1.54) is 6.07 Å². The van der Waals surface area contributed by atoms with Gasteiger partial charge in [0.25, 0.3) is 0 Å². The molecular weight excluding hydrogens is 114 g/mol. The van der Waals surface area contributed by atoms with Gasteiger partial charge in [0.2, 0.25) is 0 Å². The van der Waals surface area contributed by atoms with Gasteiger partial charge in [0.1, 0.15) is 11.0 Å². The summed E-state index contributed by atoms with van der Waals surface area (Å²) in [6, 6.07) is 1.42. The molecule has 1 unspecified atom stereocenters. The van der Waals surface area contributed by atoms with Gasteiger partial charge in [-0.05, 0) is 0 Å². The standard InChI is InChI=1S/C3H3NO2S/c1-3(2-4)7(5)6/h1H2,(H,5,6). The van der Waals surface area contributed by atoms with E-state index in [0.29, 0.717) is 0 Å². The molecule has 0 saturated carbocycles. The summed E-state index contributed by atoms with van der Waals surface area (Å²) in [6.07, 6.45) is 0. The molecule has 0 rings (SSSR count). The van der Waals surface area contributed by atoms with Crippen molar-refractivity contribution in [2.75, 3.05) is 0 Å². The van der Waals surface area contributed by atoms with E-state index in [9.17, 15) is 4.21 Å². The molecule has 0 aromatic heterocycles. The molecule has 0 spiro atoms. The van der Waals surface area contributed by atoms with Crippen LogP contribution in [0.25, 0.3) is 0 Å². The highest BCUT2D eigenvalue weighted by Gasteiger charge is 1.94. The lowest BCUT2D eigenvalue weighted by molar-refractivity contribution is 0.572. The Morgan fingerprint density at radius 1 is 2.00 bits per heavy atom.